The molecule has 1 aromatic rings. The molecule has 0 bridgehead atoms. The summed E-state index contributed by atoms with van der Waals surface area (Å²) in [5.41, 5.74) is 1.33. The van der Waals surface area contributed by atoms with Crippen molar-refractivity contribution in [1.82, 2.24) is 5.32 Å². The van der Waals surface area contributed by atoms with Crippen molar-refractivity contribution in [3.63, 3.8) is 0 Å². The van der Waals surface area contributed by atoms with Gasteiger partial charge in [-0.3, -0.25) is 4.79 Å². The molecule has 1 atom stereocenters. The minimum Gasteiger partial charge on any atom is -0.496 e. The maximum Gasteiger partial charge on any atom is 0.251 e. The number of carbonyl (C=O) groups is 1. The number of carbonyl (C=O) groups excluding carboxylic acids is 1. The van der Waals surface area contributed by atoms with E-state index in [0.717, 1.165) is 5.56 Å². The zero-order valence-corrected chi connectivity index (χ0v) is 14.3. The average Bonchev–Trinajstić information content (AvgIpc) is 2.89. The number of methoxy groups -OCH3 is 1. The number of sulfone groups is 1. The summed E-state index contributed by atoms with van der Waals surface area (Å²) in [6.07, 6.45) is 0.612. The lowest BCUT2D eigenvalue weighted by molar-refractivity contribution is 0.0947. The molecule has 0 spiro atoms. The molecule has 128 valence electrons. The summed E-state index contributed by atoms with van der Waals surface area (Å²) in [5.74, 6) is 0.844. The quantitative estimate of drug-likeness (QED) is 0.811. The Bertz CT molecular complexity index is 656. The Morgan fingerprint density at radius 2 is 2.17 bits per heavy atom. The predicted octanol–water partition coefficient (Wildman–Crippen LogP) is 1.40. The average molecular weight is 341 g/mol. The topological polar surface area (TPSA) is 81.7 Å². The van der Waals surface area contributed by atoms with E-state index in [1.165, 1.54) is 0 Å². The van der Waals surface area contributed by atoms with Gasteiger partial charge in [-0.2, -0.15) is 0 Å². The van der Waals surface area contributed by atoms with Crippen molar-refractivity contribution in [1.29, 1.82) is 0 Å². The molecule has 0 saturated carbocycles. The van der Waals surface area contributed by atoms with Crippen molar-refractivity contribution < 1.29 is 22.7 Å². The minimum atomic E-state index is -2.92. The molecule has 0 radical (unpaired) electrons. The van der Waals surface area contributed by atoms with E-state index in [0.29, 0.717) is 37.5 Å². The molecule has 23 heavy (non-hydrogen) atoms. The fraction of sp³-hybridized carbons (Fsp3) is 0.562. The first-order chi connectivity index (χ1) is 10.9. The molecule has 6 nitrogen and oxygen atoms in total. The molecule has 1 fully saturated rings. The van der Waals surface area contributed by atoms with Crippen molar-refractivity contribution in [3.8, 4) is 5.75 Å². The SMILES string of the molecule is CCOCc1cc(C(=O)NCC2CCS(=O)(=O)C2)ccc1OC. The summed E-state index contributed by atoms with van der Waals surface area (Å²) < 4.78 is 33.5. The first-order valence-corrected chi connectivity index (χ1v) is 9.50. The summed E-state index contributed by atoms with van der Waals surface area (Å²) in [7, 11) is -1.34. The Labute approximate surface area is 137 Å². The largest absolute Gasteiger partial charge is 0.496 e. The van der Waals surface area contributed by atoms with Gasteiger partial charge in [0.15, 0.2) is 9.84 Å². The Kier molecular flexibility index (Phi) is 6.01. The molecule has 1 saturated heterocycles. The molecule has 0 aromatic heterocycles. The molecule has 1 aliphatic heterocycles. The van der Waals surface area contributed by atoms with Crippen molar-refractivity contribution in [3.05, 3.63) is 29.3 Å². The van der Waals surface area contributed by atoms with Crippen LogP contribution in [0.15, 0.2) is 18.2 Å². The predicted molar refractivity (Wildman–Crippen MR) is 87.4 cm³/mol. The van der Waals surface area contributed by atoms with Crippen LogP contribution in [0.2, 0.25) is 0 Å². The molecule has 7 heteroatoms. The number of hydrogen-bond donors (Lipinski definition) is 1. The summed E-state index contributed by atoms with van der Waals surface area (Å²) in [4.78, 5) is 12.2. The summed E-state index contributed by atoms with van der Waals surface area (Å²) in [6.45, 7) is 3.24. The monoisotopic (exact) mass is 341 g/mol. The highest BCUT2D eigenvalue weighted by Gasteiger charge is 2.28. The Hall–Kier alpha value is -1.60. The number of benzene rings is 1. The van der Waals surface area contributed by atoms with E-state index >= 15 is 0 Å². The van der Waals surface area contributed by atoms with Gasteiger partial charge in [0.2, 0.25) is 0 Å². The highest BCUT2D eigenvalue weighted by atomic mass is 32.2. The summed E-state index contributed by atoms with van der Waals surface area (Å²) >= 11 is 0. The van der Waals surface area contributed by atoms with E-state index in [1.807, 2.05) is 6.92 Å². The summed E-state index contributed by atoms with van der Waals surface area (Å²) in [6, 6.07) is 5.17. The molecular formula is C16H23NO5S. The van der Waals surface area contributed by atoms with Gasteiger partial charge < -0.3 is 14.8 Å². The fourth-order valence-electron chi connectivity index (χ4n) is 2.62. The number of amides is 1. The van der Waals surface area contributed by atoms with Gasteiger partial charge in [0, 0.05) is 24.3 Å². The molecule has 1 heterocycles. The first-order valence-electron chi connectivity index (χ1n) is 7.68. The lowest BCUT2D eigenvalue weighted by Crippen LogP contribution is -2.29. The summed E-state index contributed by atoms with van der Waals surface area (Å²) in [5, 5.41) is 2.81. The molecule has 1 unspecified atom stereocenters. The third kappa shape index (κ3) is 4.94. The van der Waals surface area contributed by atoms with Gasteiger partial charge in [-0.05, 0) is 37.5 Å². The second-order valence-corrected chi connectivity index (χ2v) is 7.87. The Morgan fingerprint density at radius 1 is 1.39 bits per heavy atom. The van der Waals surface area contributed by atoms with Crippen LogP contribution in [-0.4, -0.2) is 46.1 Å². The van der Waals surface area contributed by atoms with Gasteiger partial charge >= 0.3 is 0 Å². The van der Waals surface area contributed by atoms with E-state index in [9.17, 15) is 13.2 Å². The number of nitrogens with one attached hydrogen (secondary N) is 1. The Morgan fingerprint density at radius 3 is 2.78 bits per heavy atom. The lowest BCUT2D eigenvalue weighted by atomic mass is 10.1. The van der Waals surface area contributed by atoms with Gasteiger partial charge in [-0.25, -0.2) is 8.42 Å². The van der Waals surface area contributed by atoms with E-state index in [4.69, 9.17) is 9.47 Å². The fourth-order valence-corrected chi connectivity index (χ4v) is 4.48. The molecule has 1 aromatic carbocycles. The van der Waals surface area contributed by atoms with Crippen molar-refractivity contribution in [2.24, 2.45) is 5.92 Å². The van der Waals surface area contributed by atoms with Crippen molar-refractivity contribution in [2.75, 3.05) is 31.8 Å². The highest BCUT2D eigenvalue weighted by molar-refractivity contribution is 7.91. The zero-order chi connectivity index (χ0) is 16.9. The maximum absolute atomic E-state index is 12.2. The number of hydrogen-bond acceptors (Lipinski definition) is 5. The molecule has 0 aliphatic carbocycles. The van der Waals surface area contributed by atoms with Crippen LogP contribution >= 0.6 is 0 Å². The van der Waals surface area contributed by atoms with Crippen molar-refractivity contribution >= 4 is 15.7 Å². The zero-order valence-electron chi connectivity index (χ0n) is 13.5. The van der Waals surface area contributed by atoms with Crippen LogP contribution in [0.5, 0.6) is 5.75 Å². The van der Waals surface area contributed by atoms with Crippen LogP contribution < -0.4 is 10.1 Å². The standard InChI is InChI=1S/C16H23NO5S/c1-3-22-10-14-8-13(4-5-15(14)21-2)16(18)17-9-12-6-7-23(19,20)11-12/h4-5,8,12H,3,6-7,9-11H2,1-2H3,(H,17,18). The first kappa shape index (κ1) is 17.7. The lowest BCUT2D eigenvalue weighted by Gasteiger charge is -2.12. The van der Waals surface area contributed by atoms with Gasteiger partial charge in [0.1, 0.15) is 5.75 Å². The van der Waals surface area contributed by atoms with Crippen molar-refractivity contribution in [2.45, 2.75) is 20.0 Å². The molecule has 1 amide bonds. The number of ether oxygens (including phenoxy) is 2. The van der Waals surface area contributed by atoms with Gasteiger partial charge in [-0.1, -0.05) is 0 Å². The third-order valence-corrected chi connectivity index (χ3v) is 5.72. The Balaban J connectivity index is 1.98. The highest BCUT2D eigenvalue weighted by Crippen LogP contribution is 2.21. The molecular weight excluding hydrogens is 318 g/mol. The van der Waals surface area contributed by atoms with E-state index < -0.39 is 9.84 Å². The van der Waals surface area contributed by atoms with Crippen LogP contribution in [0.1, 0.15) is 29.3 Å². The second-order valence-electron chi connectivity index (χ2n) is 5.64. The maximum atomic E-state index is 12.2. The van der Waals surface area contributed by atoms with Gasteiger partial charge in [0.25, 0.3) is 5.91 Å². The third-order valence-electron chi connectivity index (χ3n) is 3.88. The van der Waals surface area contributed by atoms with Crippen LogP contribution in [-0.2, 0) is 21.2 Å². The molecule has 1 N–H and O–H groups in total. The van der Waals surface area contributed by atoms with E-state index in [2.05, 4.69) is 5.32 Å². The normalized spacial score (nSPS) is 19.5. The van der Waals surface area contributed by atoms with E-state index in [1.54, 1.807) is 25.3 Å². The number of rotatable bonds is 7. The van der Waals surface area contributed by atoms with Crippen LogP contribution in [0, 0.1) is 5.92 Å². The second kappa shape index (κ2) is 7.79. The van der Waals surface area contributed by atoms with E-state index in [-0.39, 0.29) is 23.3 Å². The van der Waals surface area contributed by atoms with Gasteiger partial charge in [-0.15, -0.1) is 0 Å². The molecule has 2 rings (SSSR count). The van der Waals surface area contributed by atoms with Crippen LogP contribution in [0.3, 0.4) is 0 Å². The smallest absolute Gasteiger partial charge is 0.251 e. The minimum absolute atomic E-state index is 0.00472. The van der Waals surface area contributed by atoms with Gasteiger partial charge in [0.05, 0.1) is 25.2 Å². The van der Waals surface area contributed by atoms with Crippen LogP contribution in [0.4, 0.5) is 0 Å². The van der Waals surface area contributed by atoms with Crippen LogP contribution in [0.25, 0.3) is 0 Å². The molecule has 1 aliphatic rings.